The number of aromatic nitrogens is 1. The molecule has 3 aromatic rings. The molecule has 8 nitrogen and oxygen atoms in total. The van der Waals surface area contributed by atoms with Crippen LogP contribution in [-0.2, 0) is 16.1 Å². The van der Waals surface area contributed by atoms with Crippen LogP contribution in [0.4, 0.5) is 5.69 Å². The molecule has 5 rings (SSSR count). The van der Waals surface area contributed by atoms with Crippen molar-refractivity contribution in [2.24, 2.45) is 0 Å². The molecule has 0 aliphatic carbocycles. The van der Waals surface area contributed by atoms with Crippen LogP contribution in [0.5, 0.6) is 0 Å². The predicted octanol–water partition coefficient (Wildman–Crippen LogP) is 3.17. The van der Waals surface area contributed by atoms with Gasteiger partial charge in [0.25, 0.3) is 11.7 Å². The molecule has 200 valence electrons. The second-order valence-electron chi connectivity index (χ2n) is 10.2. The highest BCUT2D eigenvalue weighted by atomic mass is 16.2. The van der Waals surface area contributed by atoms with Gasteiger partial charge < -0.3 is 19.7 Å². The number of benzene rings is 2. The highest BCUT2D eigenvalue weighted by Crippen LogP contribution is 2.23. The average molecular weight is 516 g/mol. The van der Waals surface area contributed by atoms with Gasteiger partial charge in [-0.3, -0.25) is 19.3 Å². The Morgan fingerprint density at radius 2 is 1.45 bits per heavy atom. The summed E-state index contributed by atoms with van der Waals surface area (Å²) >= 11 is 0. The van der Waals surface area contributed by atoms with Crippen LogP contribution in [0.2, 0.25) is 0 Å². The van der Waals surface area contributed by atoms with Gasteiger partial charge >= 0.3 is 0 Å². The second-order valence-corrected chi connectivity index (χ2v) is 10.2. The van der Waals surface area contributed by atoms with E-state index in [0.717, 1.165) is 70.5 Å². The van der Waals surface area contributed by atoms with Crippen molar-refractivity contribution in [2.45, 2.75) is 32.2 Å². The number of anilines is 1. The van der Waals surface area contributed by atoms with Gasteiger partial charge in [0, 0.05) is 75.1 Å². The second kappa shape index (κ2) is 12.3. The van der Waals surface area contributed by atoms with E-state index in [0.29, 0.717) is 24.0 Å². The molecule has 1 N–H and O–H groups in total. The molecule has 2 aromatic carbocycles. The molecule has 8 heteroatoms. The first-order valence-corrected chi connectivity index (χ1v) is 13.8. The van der Waals surface area contributed by atoms with E-state index in [1.807, 2.05) is 39.8 Å². The molecule has 1 aromatic heterocycles. The number of rotatable bonds is 8. The molecule has 2 fully saturated rings. The molecular weight excluding hydrogens is 478 g/mol. The molecule has 0 unspecified atom stereocenters. The number of amides is 2. The van der Waals surface area contributed by atoms with Crippen LogP contribution >= 0.6 is 0 Å². The van der Waals surface area contributed by atoms with Gasteiger partial charge in [-0.1, -0.05) is 49.2 Å². The van der Waals surface area contributed by atoms with Gasteiger partial charge in [0.2, 0.25) is 5.91 Å². The van der Waals surface area contributed by atoms with Gasteiger partial charge in [0.1, 0.15) is 6.54 Å². The van der Waals surface area contributed by atoms with E-state index >= 15 is 0 Å². The minimum Gasteiger partial charge on any atom is -0.369 e. The number of ketones is 1. The van der Waals surface area contributed by atoms with E-state index in [1.165, 1.54) is 5.69 Å². The standard InChI is InChI=1S/C30H37N5O3/c36-28(34-15-8-1-2-9-16-34)23-35-22-26(25-12-6-7-13-27(25)35)29(37)30(38)31-14-17-32-18-20-33(21-19-32)24-10-4-3-5-11-24/h3-7,10-13,22H,1-2,8-9,14-21,23H2,(H,31,38). The van der Waals surface area contributed by atoms with Gasteiger partial charge in [-0.05, 0) is 31.0 Å². The minimum atomic E-state index is -0.602. The maximum absolute atomic E-state index is 13.1. The largest absolute Gasteiger partial charge is 0.369 e. The Balaban J connectivity index is 1.16. The van der Waals surface area contributed by atoms with Crippen LogP contribution in [0.25, 0.3) is 10.9 Å². The molecule has 3 heterocycles. The number of para-hydroxylation sites is 2. The van der Waals surface area contributed by atoms with Crippen molar-refractivity contribution in [3.63, 3.8) is 0 Å². The summed E-state index contributed by atoms with van der Waals surface area (Å²) in [7, 11) is 0. The number of hydrogen-bond acceptors (Lipinski definition) is 5. The number of piperazine rings is 1. The Kier molecular flexibility index (Phi) is 8.38. The number of carbonyl (C=O) groups excluding carboxylic acids is 3. The van der Waals surface area contributed by atoms with E-state index in [-0.39, 0.29) is 12.5 Å². The number of fused-ring (bicyclic) bond motifs is 1. The van der Waals surface area contributed by atoms with Crippen LogP contribution in [0.3, 0.4) is 0 Å². The minimum absolute atomic E-state index is 0.0588. The average Bonchev–Trinajstić information content (AvgIpc) is 3.11. The maximum atomic E-state index is 13.1. The zero-order valence-electron chi connectivity index (χ0n) is 22.0. The zero-order valence-corrected chi connectivity index (χ0v) is 22.0. The monoisotopic (exact) mass is 515 g/mol. The van der Waals surface area contributed by atoms with Crippen LogP contribution in [0, 0.1) is 0 Å². The molecule has 2 saturated heterocycles. The Bertz CT molecular complexity index is 1260. The Morgan fingerprint density at radius 1 is 0.763 bits per heavy atom. The first-order chi connectivity index (χ1) is 18.6. The number of Topliss-reactive ketones (excluding diaryl/α,β-unsaturated/α-hetero) is 1. The predicted molar refractivity (Wildman–Crippen MR) is 149 cm³/mol. The van der Waals surface area contributed by atoms with Crippen molar-refractivity contribution < 1.29 is 14.4 Å². The molecule has 0 spiro atoms. The summed E-state index contributed by atoms with van der Waals surface area (Å²) < 4.78 is 1.81. The van der Waals surface area contributed by atoms with Crippen molar-refractivity contribution >= 4 is 34.2 Å². The molecule has 2 aliphatic heterocycles. The number of carbonyl (C=O) groups is 3. The summed E-state index contributed by atoms with van der Waals surface area (Å²) in [6.45, 7) is 6.56. The molecule has 2 aliphatic rings. The van der Waals surface area contributed by atoms with E-state index in [4.69, 9.17) is 0 Å². The third-order valence-corrected chi connectivity index (χ3v) is 7.71. The van der Waals surface area contributed by atoms with Crippen molar-refractivity contribution in [3.8, 4) is 0 Å². The highest BCUT2D eigenvalue weighted by Gasteiger charge is 2.24. The zero-order chi connectivity index (χ0) is 26.3. The Morgan fingerprint density at radius 3 is 2.18 bits per heavy atom. The summed E-state index contributed by atoms with van der Waals surface area (Å²) in [4.78, 5) is 45.6. The Labute approximate surface area is 224 Å². The summed E-state index contributed by atoms with van der Waals surface area (Å²) in [6, 6.07) is 17.9. The van der Waals surface area contributed by atoms with Crippen LogP contribution in [-0.4, -0.2) is 84.3 Å². The maximum Gasteiger partial charge on any atom is 0.292 e. The van der Waals surface area contributed by atoms with E-state index in [9.17, 15) is 14.4 Å². The summed E-state index contributed by atoms with van der Waals surface area (Å²) in [6.07, 6.45) is 6.06. The van der Waals surface area contributed by atoms with Crippen molar-refractivity contribution in [3.05, 3.63) is 66.4 Å². The van der Waals surface area contributed by atoms with Crippen molar-refractivity contribution in [1.29, 1.82) is 0 Å². The molecular formula is C30H37N5O3. The fourth-order valence-corrected chi connectivity index (χ4v) is 5.52. The smallest absolute Gasteiger partial charge is 0.292 e. The molecule has 2 amide bonds. The fourth-order valence-electron chi connectivity index (χ4n) is 5.52. The third-order valence-electron chi connectivity index (χ3n) is 7.71. The van der Waals surface area contributed by atoms with Gasteiger partial charge in [-0.25, -0.2) is 0 Å². The fraction of sp³-hybridized carbons (Fsp3) is 0.433. The van der Waals surface area contributed by atoms with Crippen LogP contribution in [0.1, 0.15) is 36.0 Å². The molecule has 0 radical (unpaired) electrons. The number of hydrogen-bond donors (Lipinski definition) is 1. The lowest BCUT2D eigenvalue weighted by atomic mass is 10.1. The van der Waals surface area contributed by atoms with Crippen molar-refractivity contribution in [2.75, 3.05) is 57.3 Å². The van der Waals surface area contributed by atoms with Gasteiger partial charge in [0.15, 0.2) is 0 Å². The molecule has 0 bridgehead atoms. The van der Waals surface area contributed by atoms with Crippen LogP contribution < -0.4 is 10.2 Å². The van der Waals surface area contributed by atoms with E-state index in [2.05, 4.69) is 39.4 Å². The molecule has 0 saturated carbocycles. The summed E-state index contributed by atoms with van der Waals surface area (Å²) in [5.74, 6) is -1.10. The van der Waals surface area contributed by atoms with E-state index in [1.54, 1.807) is 6.20 Å². The lowest BCUT2D eigenvalue weighted by molar-refractivity contribution is -0.131. The third kappa shape index (κ3) is 6.07. The first-order valence-electron chi connectivity index (χ1n) is 13.8. The summed E-state index contributed by atoms with van der Waals surface area (Å²) in [5.41, 5.74) is 2.37. The van der Waals surface area contributed by atoms with Gasteiger partial charge in [-0.2, -0.15) is 0 Å². The highest BCUT2D eigenvalue weighted by molar-refractivity contribution is 6.45. The van der Waals surface area contributed by atoms with Crippen LogP contribution in [0.15, 0.2) is 60.8 Å². The SMILES string of the molecule is O=C(NCCN1CCN(c2ccccc2)CC1)C(=O)c1cn(CC(=O)N2CCCCCC2)c2ccccc12. The summed E-state index contributed by atoms with van der Waals surface area (Å²) in [5, 5.41) is 3.52. The quantitative estimate of drug-likeness (QED) is 0.368. The lowest BCUT2D eigenvalue weighted by Gasteiger charge is -2.36. The van der Waals surface area contributed by atoms with E-state index < -0.39 is 11.7 Å². The first kappa shape index (κ1) is 26.0. The van der Waals surface area contributed by atoms with Crippen molar-refractivity contribution in [1.82, 2.24) is 19.7 Å². The number of nitrogens with zero attached hydrogens (tertiary/aromatic N) is 4. The lowest BCUT2D eigenvalue weighted by Crippen LogP contribution is -2.48. The Hall–Kier alpha value is -3.65. The number of nitrogens with one attached hydrogen (secondary N) is 1. The molecule has 0 atom stereocenters. The normalized spacial score (nSPS) is 16.8. The topological polar surface area (TPSA) is 77.9 Å². The number of likely N-dealkylation sites (tertiary alicyclic amines) is 1. The van der Waals surface area contributed by atoms with Gasteiger partial charge in [-0.15, -0.1) is 0 Å². The van der Waals surface area contributed by atoms with Gasteiger partial charge in [0.05, 0.1) is 5.56 Å². The molecule has 38 heavy (non-hydrogen) atoms.